The number of sulfonamides is 1. The number of aromatic nitrogens is 4. The zero-order valence-electron chi connectivity index (χ0n) is 18.1. The van der Waals surface area contributed by atoms with Gasteiger partial charge in [-0.2, -0.15) is 9.29 Å². The number of carbonyl (C=O) groups excluding carboxylic acids is 1. The van der Waals surface area contributed by atoms with Crippen molar-refractivity contribution in [2.45, 2.75) is 39.0 Å². The molecule has 1 aromatic carbocycles. The summed E-state index contributed by atoms with van der Waals surface area (Å²) >= 11 is 0. The van der Waals surface area contributed by atoms with E-state index in [0.29, 0.717) is 36.8 Å². The lowest BCUT2D eigenvalue weighted by Gasteiger charge is -2.20. The number of carbonyl (C=O) groups is 1. The van der Waals surface area contributed by atoms with Gasteiger partial charge in [-0.3, -0.25) is 4.79 Å². The van der Waals surface area contributed by atoms with Crippen molar-refractivity contribution in [1.29, 1.82) is 0 Å². The molecule has 10 nitrogen and oxygen atoms in total. The number of hydrogen-bond donors (Lipinski definition) is 2. The Morgan fingerprint density at radius 1 is 1.13 bits per heavy atom. The van der Waals surface area contributed by atoms with Crippen LogP contribution in [0.4, 0.5) is 11.4 Å². The van der Waals surface area contributed by atoms with Gasteiger partial charge in [0, 0.05) is 31.5 Å². The summed E-state index contributed by atoms with van der Waals surface area (Å²) in [5, 5.41) is 10.2. The van der Waals surface area contributed by atoms with E-state index in [1.54, 1.807) is 32.2 Å². The van der Waals surface area contributed by atoms with Gasteiger partial charge in [0.25, 0.3) is 11.7 Å². The van der Waals surface area contributed by atoms with E-state index in [4.69, 9.17) is 0 Å². The fraction of sp³-hybridized carbons (Fsp3) is 0.400. The molecule has 0 bridgehead atoms. The molecule has 0 unspecified atom stereocenters. The molecule has 0 saturated carbocycles. The standard InChI is InChI=1S/C20H27N7O3S/c1-5-11-21-16-9-8-15(31(29,30)26(6-2)7-3)13-17(16)23-19(28)18-24-20-22-12-10-14(4)27(20)25-18/h8-10,12-13,21H,5-7,11H2,1-4H3,(H,23,28). The Morgan fingerprint density at radius 2 is 1.87 bits per heavy atom. The summed E-state index contributed by atoms with van der Waals surface area (Å²) < 4.78 is 28.7. The smallest absolute Gasteiger partial charge is 0.295 e. The fourth-order valence-electron chi connectivity index (χ4n) is 3.09. The summed E-state index contributed by atoms with van der Waals surface area (Å²) in [7, 11) is -3.68. The highest BCUT2D eigenvalue weighted by Crippen LogP contribution is 2.28. The first-order valence-corrected chi connectivity index (χ1v) is 11.6. The van der Waals surface area contributed by atoms with Crippen molar-refractivity contribution in [3.63, 3.8) is 0 Å². The molecule has 2 heterocycles. The molecule has 2 N–H and O–H groups in total. The van der Waals surface area contributed by atoms with Gasteiger partial charge in [-0.1, -0.05) is 20.8 Å². The zero-order chi connectivity index (χ0) is 22.6. The SMILES string of the molecule is CCCNc1ccc(S(=O)(=O)N(CC)CC)cc1NC(=O)c1nc2nccc(C)n2n1. The van der Waals surface area contributed by atoms with Crippen molar-refractivity contribution in [2.24, 2.45) is 0 Å². The third-order valence-corrected chi connectivity index (χ3v) is 6.83. The number of anilines is 2. The maximum atomic E-state index is 12.9. The molecule has 3 rings (SSSR count). The summed E-state index contributed by atoms with van der Waals surface area (Å²) in [5.41, 5.74) is 1.75. The van der Waals surface area contributed by atoms with Crippen LogP contribution in [0.5, 0.6) is 0 Å². The van der Waals surface area contributed by atoms with E-state index >= 15 is 0 Å². The molecule has 166 valence electrons. The van der Waals surface area contributed by atoms with E-state index in [1.165, 1.54) is 21.0 Å². The van der Waals surface area contributed by atoms with Crippen LogP contribution in [0.25, 0.3) is 5.78 Å². The second kappa shape index (κ2) is 9.40. The fourth-order valence-corrected chi connectivity index (χ4v) is 4.58. The quantitative estimate of drug-likeness (QED) is 0.519. The second-order valence-corrected chi connectivity index (χ2v) is 8.85. The predicted molar refractivity (Wildman–Crippen MR) is 119 cm³/mol. The second-order valence-electron chi connectivity index (χ2n) is 6.91. The number of rotatable bonds is 9. The van der Waals surface area contributed by atoms with Crippen LogP contribution in [0.1, 0.15) is 43.5 Å². The number of aryl methyl sites for hydroxylation is 1. The monoisotopic (exact) mass is 445 g/mol. The van der Waals surface area contributed by atoms with Gasteiger partial charge in [0.15, 0.2) is 0 Å². The third-order valence-electron chi connectivity index (χ3n) is 4.78. The Morgan fingerprint density at radius 3 is 2.52 bits per heavy atom. The predicted octanol–water partition coefficient (Wildman–Crippen LogP) is 2.54. The Hall–Kier alpha value is -3.05. The van der Waals surface area contributed by atoms with Gasteiger partial charge < -0.3 is 10.6 Å². The molecule has 0 radical (unpaired) electrons. The van der Waals surface area contributed by atoms with E-state index in [-0.39, 0.29) is 10.7 Å². The van der Waals surface area contributed by atoms with Gasteiger partial charge in [-0.15, -0.1) is 5.10 Å². The van der Waals surface area contributed by atoms with E-state index < -0.39 is 15.9 Å². The van der Waals surface area contributed by atoms with Crippen LogP contribution in [-0.2, 0) is 10.0 Å². The van der Waals surface area contributed by atoms with E-state index in [0.717, 1.165) is 12.1 Å². The molecule has 0 atom stereocenters. The van der Waals surface area contributed by atoms with Crippen molar-refractivity contribution in [2.75, 3.05) is 30.3 Å². The first kappa shape index (κ1) is 22.6. The first-order chi connectivity index (χ1) is 14.8. The molecular formula is C20H27N7O3S. The van der Waals surface area contributed by atoms with Crippen LogP contribution in [0.3, 0.4) is 0 Å². The van der Waals surface area contributed by atoms with Crippen LogP contribution < -0.4 is 10.6 Å². The highest BCUT2D eigenvalue weighted by atomic mass is 32.2. The van der Waals surface area contributed by atoms with Gasteiger partial charge >= 0.3 is 0 Å². The van der Waals surface area contributed by atoms with Gasteiger partial charge in [-0.25, -0.2) is 17.9 Å². The van der Waals surface area contributed by atoms with E-state index in [1.807, 2.05) is 13.8 Å². The van der Waals surface area contributed by atoms with Crippen LogP contribution in [0.2, 0.25) is 0 Å². The molecule has 0 aliphatic heterocycles. The lowest BCUT2D eigenvalue weighted by Crippen LogP contribution is -2.30. The molecule has 3 aromatic rings. The van der Waals surface area contributed by atoms with Crippen molar-refractivity contribution in [1.82, 2.24) is 23.9 Å². The van der Waals surface area contributed by atoms with Gasteiger partial charge in [0.2, 0.25) is 15.8 Å². The first-order valence-electron chi connectivity index (χ1n) is 10.2. The minimum absolute atomic E-state index is 0.0553. The van der Waals surface area contributed by atoms with E-state index in [2.05, 4.69) is 25.7 Å². The molecule has 0 aliphatic carbocycles. The molecule has 0 spiro atoms. The topological polar surface area (TPSA) is 122 Å². The molecule has 11 heteroatoms. The molecule has 0 saturated heterocycles. The van der Waals surface area contributed by atoms with Gasteiger partial charge in [0.05, 0.1) is 16.3 Å². The number of nitrogens with zero attached hydrogens (tertiary/aromatic N) is 5. The van der Waals surface area contributed by atoms with Crippen LogP contribution in [0, 0.1) is 6.92 Å². The molecule has 0 aliphatic rings. The van der Waals surface area contributed by atoms with Crippen LogP contribution >= 0.6 is 0 Å². The summed E-state index contributed by atoms with van der Waals surface area (Å²) in [4.78, 5) is 21.2. The van der Waals surface area contributed by atoms with Crippen LogP contribution in [-0.4, -0.2) is 57.8 Å². The van der Waals surface area contributed by atoms with Crippen molar-refractivity contribution in [3.05, 3.63) is 42.0 Å². The molecule has 0 fully saturated rings. The maximum Gasteiger partial charge on any atom is 0.295 e. The number of nitrogens with one attached hydrogen (secondary N) is 2. The number of benzene rings is 1. The largest absolute Gasteiger partial charge is 0.383 e. The summed E-state index contributed by atoms with van der Waals surface area (Å²) in [6.07, 6.45) is 2.46. The lowest BCUT2D eigenvalue weighted by molar-refractivity contribution is 0.101. The molecule has 2 aromatic heterocycles. The molecule has 31 heavy (non-hydrogen) atoms. The van der Waals surface area contributed by atoms with E-state index in [9.17, 15) is 13.2 Å². The molecular weight excluding hydrogens is 418 g/mol. The third kappa shape index (κ3) is 4.67. The lowest BCUT2D eigenvalue weighted by atomic mass is 10.2. The Kier molecular flexibility index (Phi) is 6.86. The summed E-state index contributed by atoms with van der Waals surface area (Å²) in [5.74, 6) is -0.297. The zero-order valence-corrected chi connectivity index (χ0v) is 18.9. The highest BCUT2D eigenvalue weighted by molar-refractivity contribution is 7.89. The highest BCUT2D eigenvalue weighted by Gasteiger charge is 2.24. The number of hydrogen-bond acceptors (Lipinski definition) is 7. The van der Waals surface area contributed by atoms with Crippen LogP contribution in [0.15, 0.2) is 35.4 Å². The average Bonchev–Trinajstić information content (AvgIpc) is 3.19. The minimum atomic E-state index is -3.68. The maximum absolute atomic E-state index is 12.9. The summed E-state index contributed by atoms with van der Waals surface area (Å²) in [6, 6.07) is 6.42. The van der Waals surface area contributed by atoms with Gasteiger partial charge in [0.1, 0.15) is 0 Å². The van der Waals surface area contributed by atoms with Gasteiger partial charge in [-0.05, 0) is 37.6 Å². The Bertz CT molecular complexity index is 1190. The molecule has 1 amide bonds. The Balaban J connectivity index is 1.98. The van der Waals surface area contributed by atoms with Crippen molar-refractivity contribution in [3.8, 4) is 0 Å². The minimum Gasteiger partial charge on any atom is -0.383 e. The normalized spacial score (nSPS) is 11.8. The average molecular weight is 446 g/mol. The number of fused-ring (bicyclic) bond motifs is 1. The number of amides is 1. The van der Waals surface area contributed by atoms with Crippen molar-refractivity contribution < 1.29 is 13.2 Å². The summed E-state index contributed by atoms with van der Waals surface area (Å²) in [6.45, 7) is 8.79. The Labute approximate surface area is 181 Å². The van der Waals surface area contributed by atoms with Crippen molar-refractivity contribution >= 4 is 33.1 Å².